The molecular weight excluding hydrogens is 763 g/mol. The summed E-state index contributed by atoms with van der Waals surface area (Å²) in [6, 6.07) is -0.720. The number of quaternary nitrogens is 1. The van der Waals surface area contributed by atoms with E-state index in [1.165, 1.54) is 199 Å². The minimum atomic E-state index is -1.12. The summed E-state index contributed by atoms with van der Waals surface area (Å²) >= 11 is 0. The van der Waals surface area contributed by atoms with Crippen LogP contribution in [-0.4, -0.2) is 75.5 Å². The number of hydrogen-bond acceptors (Lipinski definition) is 7. The highest BCUT2D eigenvalue weighted by atomic mass is 16.6. The number of hydrogen-bond donors (Lipinski definition) is 0. The third-order valence-electron chi connectivity index (χ3n) is 12.5. The van der Waals surface area contributed by atoms with Gasteiger partial charge < -0.3 is 28.6 Å². The van der Waals surface area contributed by atoms with Crippen molar-refractivity contribution in [1.82, 2.24) is 0 Å². The number of aliphatic carboxylic acids is 1. The average molecular weight is 866 g/mol. The van der Waals surface area contributed by atoms with Crippen molar-refractivity contribution < 1.29 is 38.2 Å². The molecule has 0 bridgehead atoms. The molecule has 8 heteroatoms. The fraction of sp³-hybridized carbons (Fsp3) is 0.943. The molecule has 2 unspecified atom stereocenters. The highest BCUT2D eigenvalue weighted by Crippen LogP contribution is 2.17. The fourth-order valence-corrected chi connectivity index (χ4v) is 8.37. The molecule has 0 aliphatic rings. The zero-order valence-electron chi connectivity index (χ0n) is 41.4. The predicted molar refractivity (Wildman–Crippen MR) is 255 cm³/mol. The summed E-state index contributed by atoms with van der Waals surface area (Å²) < 4.78 is 17.3. The second kappa shape index (κ2) is 44.9. The third kappa shape index (κ3) is 43.4. The van der Waals surface area contributed by atoms with Crippen LogP contribution in [0.1, 0.15) is 271 Å². The van der Waals surface area contributed by atoms with Crippen LogP contribution in [0.25, 0.3) is 0 Å². The van der Waals surface area contributed by atoms with Crippen LogP contribution >= 0.6 is 0 Å². The summed E-state index contributed by atoms with van der Waals surface area (Å²) in [6.45, 7) is 4.72. The molecule has 0 aromatic rings. The van der Waals surface area contributed by atoms with Crippen LogP contribution in [0.4, 0.5) is 0 Å². The number of rotatable bonds is 49. The van der Waals surface area contributed by atoms with Gasteiger partial charge in [0, 0.05) is 19.3 Å². The third-order valence-corrected chi connectivity index (χ3v) is 12.5. The Morgan fingerprint density at radius 2 is 0.721 bits per heavy atom. The molecule has 0 aliphatic heterocycles. The molecule has 0 aromatic heterocycles. The zero-order chi connectivity index (χ0) is 44.9. The zero-order valence-corrected chi connectivity index (χ0v) is 41.4. The Bertz CT molecular complexity index is 967. The van der Waals surface area contributed by atoms with Gasteiger partial charge in [-0.3, -0.25) is 9.59 Å². The van der Waals surface area contributed by atoms with E-state index in [1.807, 2.05) is 21.1 Å². The summed E-state index contributed by atoms with van der Waals surface area (Å²) in [4.78, 5) is 37.0. The molecule has 8 nitrogen and oxygen atoms in total. The number of esters is 2. The summed E-state index contributed by atoms with van der Waals surface area (Å²) in [5, 5.41) is 11.7. The largest absolute Gasteiger partial charge is 0.544 e. The van der Waals surface area contributed by atoms with Crippen LogP contribution in [0.5, 0.6) is 0 Å². The molecular formula is C53H103NO7. The van der Waals surface area contributed by atoms with Crippen LogP contribution in [0.15, 0.2) is 0 Å². The van der Waals surface area contributed by atoms with E-state index in [2.05, 4.69) is 13.8 Å². The number of nitrogens with zero attached hydrogens (tertiary/aromatic N) is 1. The molecule has 0 N–H and O–H groups in total. The molecule has 362 valence electrons. The molecule has 0 radical (unpaired) electrons. The van der Waals surface area contributed by atoms with Gasteiger partial charge in [0.05, 0.1) is 40.3 Å². The molecule has 0 rings (SSSR count). The average Bonchev–Trinajstić information content (AvgIpc) is 3.22. The van der Waals surface area contributed by atoms with Gasteiger partial charge in [-0.05, 0) is 12.8 Å². The Hall–Kier alpha value is -1.67. The van der Waals surface area contributed by atoms with E-state index >= 15 is 0 Å². The van der Waals surface area contributed by atoms with E-state index in [4.69, 9.17) is 14.2 Å². The summed E-state index contributed by atoms with van der Waals surface area (Å²) in [5.41, 5.74) is 0. The maximum atomic E-state index is 12.8. The Kier molecular flexibility index (Phi) is 43.7. The van der Waals surface area contributed by atoms with Gasteiger partial charge in [-0.15, -0.1) is 0 Å². The Morgan fingerprint density at radius 1 is 0.426 bits per heavy atom. The van der Waals surface area contributed by atoms with E-state index in [0.29, 0.717) is 12.8 Å². The van der Waals surface area contributed by atoms with Crippen LogP contribution in [0.2, 0.25) is 0 Å². The van der Waals surface area contributed by atoms with Gasteiger partial charge in [-0.2, -0.15) is 0 Å². The normalized spacial score (nSPS) is 12.7. The molecule has 0 aromatic carbocycles. The van der Waals surface area contributed by atoms with Crippen LogP contribution in [-0.2, 0) is 28.6 Å². The highest BCUT2D eigenvalue weighted by Gasteiger charge is 2.25. The molecule has 0 amide bonds. The van der Waals surface area contributed by atoms with Gasteiger partial charge >= 0.3 is 11.9 Å². The van der Waals surface area contributed by atoms with E-state index in [0.717, 1.165) is 38.5 Å². The van der Waals surface area contributed by atoms with Crippen molar-refractivity contribution in [3.8, 4) is 0 Å². The molecule has 2 atom stereocenters. The highest BCUT2D eigenvalue weighted by molar-refractivity contribution is 5.70. The first-order valence-corrected chi connectivity index (χ1v) is 26.6. The minimum Gasteiger partial charge on any atom is -0.544 e. The fourth-order valence-electron chi connectivity index (χ4n) is 8.37. The van der Waals surface area contributed by atoms with E-state index < -0.39 is 18.1 Å². The molecule has 0 aliphatic carbocycles. The molecule has 0 heterocycles. The predicted octanol–water partition coefficient (Wildman–Crippen LogP) is 13.9. The van der Waals surface area contributed by atoms with Crippen LogP contribution in [0, 0.1) is 0 Å². The van der Waals surface area contributed by atoms with Gasteiger partial charge in [-0.25, -0.2) is 0 Å². The van der Waals surface area contributed by atoms with Crippen molar-refractivity contribution in [3.05, 3.63) is 0 Å². The molecule has 0 fully saturated rings. The summed E-state index contributed by atoms with van der Waals surface area (Å²) in [6.07, 6.45) is 48.5. The quantitative estimate of drug-likeness (QED) is 0.0341. The van der Waals surface area contributed by atoms with Crippen LogP contribution in [0.3, 0.4) is 0 Å². The lowest BCUT2D eigenvalue weighted by atomic mass is 10.0. The first-order chi connectivity index (χ1) is 29.6. The first kappa shape index (κ1) is 59.3. The number of likely N-dealkylation sites (N-methyl/N-ethyl adjacent to an activating group) is 1. The first-order valence-electron chi connectivity index (χ1n) is 26.6. The molecule has 0 spiro atoms. The van der Waals surface area contributed by atoms with Gasteiger partial charge in [0.15, 0.2) is 6.10 Å². The molecule has 0 saturated heterocycles. The van der Waals surface area contributed by atoms with E-state index in [9.17, 15) is 19.5 Å². The topological polar surface area (TPSA) is 102 Å². The molecule has 61 heavy (non-hydrogen) atoms. The van der Waals surface area contributed by atoms with Crippen molar-refractivity contribution in [2.24, 2.45) is 0 Å². The van der Waals surface area contributed by atoms with Gasteiger partial charge in [0.1, 0.15) is 12.6 Å². The number of ether oxygens (including phenoxy) is 3. The number of carboxylic acids is 1. The second-order valence-corrected chi connectivity index (χ2v) is 19.5. The Balaban J connectivity index is 4.11. The minimum absolute atomic E-state index is 0.0497. The number of carbonyl (C=O) groups is 3. The number of carbonyl (C=O) groups excluding carboxylic acids is 3. The lowest BCUT2D eigenvalue weighted by molar-refractivity contribution is -0.889. The summed E-state index contributed by atoms with van der Waals surface area (Å²) in [5.74, 6) is -1.71. The lowest BCUT2D eigenvalue weighted by Crippen LogP contribution is -2.55. The van der Waals surface area contributed by atoms with Crippen molar-refractivity contribution in [2.75, 3.05) is 41.0 Å². The van der Waals surface area contributed by atoms with Crippen molar-refractivity contribution in [1.29, 1.82) is 0 Å². The van der Waals surface area contributed by atoms with Gasteiger partial charge in [0.25, 0.3) is 0 Å². The smallest absolute Gasteiger partial charge is 0.306 e. The standard InChI is InChI=1S/C53H103NO7/c1-6-8-10-12-14-16-18-20-22-23-24-25-26-27-28-29-30-32-33-35-37-39-41-43-51(55)60-48-49(47-59-46-45-50(53(57)58)54(3,4)5)61-52(56)44-42-40-38-36-34-31-21-19-17-15-13-11-9-7-2/h49-50H,6-48H2,1-5H3. The van der Waals surface area contributed by atoms with E-state index in [1.54, 1.807) is 0 Å². The van der Waals surface area contributed by atoms with Gasteiger partial charge in [-0.1, -0.05) is 239 Å². The maximum Gasteiger partial charge on any atom is 0.306 e. The Labute approximate surface area is 378 Å². The van der Waals surface area contributed by atoms with Crippen LogP contribution < -0.4 is 5.11 Å². The van der Waals surface area contributed by atoms with E-state index in [-0.39, 0.29) is 42.7 Å². The number of carboxylic acid groups (broad SMARTS) is 1. The second-order valence-electron chi connectivity index (χ2n) is 19.5. The summed E-state index contributed by atoms with van der Waals surface area (Å²) in [7, 11) is 5.43. The van der Waals surface area contributed by atoms with Gasteiger partial charge in [0.2, 0.25) is 0 Å². The monoisotopic (exact) mass is 866 g/mol. The van der Waals surface area contributed by atoms with Crippen molar-refractivity contribution in [3.63, 3.8) is 0 Å². The van der Waals surface area contributed by atoms with Crippen molar-refractivity contribution in [2.45, 2.75) is 283 Å². The maximum absolute atomic E-state index is 12.8. The Morgan fingerprint density at radius 3 is 1.02 bits per heavy atom. The van der Waals surface area contributed by atoms with Crippen molar-refractivity contribution >= 4 is 17.9 Å². The lowest BCUT2D eigenvalue weighted by Gasteiger charge is -2.34. The molecule has 0 saturated carbocycles. The SMILES string of the molecule is CCCCCCCCCCCCCCCCCCCCCCCCCC(=O)OCC(COCCC(C(=O)[O-])[N+](C)(C)C)OC(=O)CCCCCCCCCCCCCCCC. The number of unbranched alkanes of at least 4 members (excludes halogenated alkanes) is 35.